The fourth-order valence-corrected chi connectivity index (χ4v) is 1.81. The lowest BCUT2D eigenvalue weighted by molar-refractivity contribution is 0.726. The van der Waals surface area contributed by atoms with E-state index in [1.807, 2.05) is 0 Å². The number of hydrogen-bond donors (Lipinski definition) is 0. The topological polar surface area (TPSA) is 0 Å². The van der Waals surface area contributed by atoms with Gasteiger partial charge in [-0.15, -0.1) is 11.6 Å². The second-order valence-electron chi connectivity index (χ2n) is 3.94. The Morgan fingerprint density at radius 1 is 1.23 bits per heavy atom. The molecule has 0 amide bonds. The Hall–Kier alpha value is -0.490. The zero-order valence-electron chi connectivity index (χ0n) is 7.80. The third kappa shape index (κ3) is 2.73. The Kier molecular flexibility index (Phi) is 2.90. The van der Waals surface area contributed by atoms with E-state index in [9.17, 15) is 0 Å². The standard InChI is InChI=1S/C12H15Cl/c13-9-12-3-1-2-11(8-12)7-6-10-4-5-10/h1-3,8,10H,4-7,9H2. The van der Waals surface area contributed by atoms with Gasteiger partial charge in [-0.3, -0.25) is 0 Å². The van der Waals surface area contributed by atoms with Crippen LogP contribution >= 0.6 is 11.6 Å². The van der Waals surface area contributed by atoms with Crippen LogP contribution in [0, 0.1) is 5.92 Å². The largest absolute Gasteiger partial charge is 0.122 e. The van der Waals surface area contributed by atoms with Crippen LogP contribution in [0.4, 0.5) is 0 Å². The molecule has 1 aliphatic carbocycles. The van der Waals surface area contributed by atoms with Gasteiger partial charge in [0.2, 0.25) is 0 Å². The molecule has 0 unspecified atom stereocenters. The SMILES string of the molecule is ClCc1cccc(CCC2CC2)c1. The first-order valence-electron chi connectivity index (χ1n) is 5.02. The molecule has 1 aromatic carbocycles. The van der Waals surface area contributed by atoms with E-state index in [0.29, 0.717) is 5.88 Å². The van der Waals surface area contributed by atoms with Gasteiger partial charge in [0.25, 0.3) is 0 Å². The molecule has 1 aliphatic rings. The summed E-state index contributed by atoms with van der Waals surface area (Å²) in [6.07, 6.45) is 5.51. The van der Waals surface area contributed by atoms with Crippen molar-refractivity contribution in [2.75, 3.05) is 0 Å². The maximum atomic E-state index is 5.77. The molecule has 0 radical (unpaired) electrons. The molecule has 0 aromatic heterocycles. The summed E-state index contributed by atoms with van der Waals surface area (Å²) < 4.78 is 0. The molecule has 70 valence electrons. The van der Waals surface area contributed by atoms with Crippen LogP contribution in [-0.4, -0.2) is 0 Å². The Bertz CT molecular complexity index is 276. The number of halogens is 1. The lowest BCUT2D eigenvalue weighted by atomic mass is 10.1. The first kappa shape index (κ1) is 9.08. The summed E-state index contributed by atoms with van der Waals surface area (Å²) in [6, 6.07) is 8.64. The minimum absolute atomic E-state index is 0.636. The molecule has 0 aliphatic heterocycles. The zero-order valence-corrected chi connectivity index (χ0v) is 8.56. The lowest BCUT2D eigenvalue weighted by Gasteiger charge is -2.01. The highest BCUT2D eigenvalue weighted by Crippen LogP contribution is 2.33. The first-order chi connectivity index (χ1) is 6.38. The minimum atomic E-state index is 0.636. The van der Waals surface area contributed by atoms with Crippen LogP contribution in [-0.2, 0) is 12.3 Å². The first-order valence-corrected chi connectivity index (χ1v) is 5.56. The van der Waals surface area contributed by atoms with Gasteiger partial charge in [-0.25, -0.2) is 0 Å². The summed E-state index contributed by atoms with van der Waals surface area (Å²) in [5.41, 5.74) is 2.69. The molecule has 13 heavy (non-hydrogen) atoms. The van der Waals surface area contributed by atoms with Crippen molar-refractivity contribution in [1.29, 1.82) is 0 Å². The Labute approximate surface area is 84.9 Å². The number of hydrogen-bond acceptors (Lipinski definition) is 0. The predicted octanol–water partition coefficient (Wildman–Crippen LogP) is 3.77. The van der Waals surface area contributed by atoms with Crippen LogP contribution < -0.4 is 0 Å². The van der Waals surface area contributed by atoms with Crippen LogP contribution in [0.25, 0.3) is 0 Å². The average molecular weight is 195 g/mol. The Balaban J connectivity index is 1.93. The van der Waals surface area contributed by atoms with Gasteiger partial charge < -0.3 is 0 Å². The van der Waals surface area contributed by atoms with Gasteiger partial charge in [-0.2, -0.15) is 0 Å². The molecule has 0 heterocycles. The van der Waals surface area contributed by atoms with E-state index >= 15 is 0 Å². The highest BCUT2D eigenvalue weighted by molar-refractivity contribution is 6.17. The molecule has 1 saturated carbocycles. The smallest absolute Gasteiger partial charge is 0.0474 e. The third-order valence-corrected chi connectivity index (χ3v) is 2.99. The predicted molar refractivity (Wildman–Crippen MR) is 57.0 cm³/mol. The van der Waals surface area contributed by atoms with Crippen LogP contribution in [0.5, 0.6) is 0 Å². The van der Waals surface area contributed by atoms with Gasteiger partial charge in [0, 0.05) is 5.88 Å². The van der Waals surface area contributed by atoms with E-state index in [0.717, 1.165) is 5.92 Å². The molecular weight excluding hydrogens is 180 g/mol. The maximum Gasteiger partial charge on any atom is 0.0474 e. The average Bonchev–Trinajstić information content (AvgIpc) is 2.99. The quantitative estimate of drug-likeness (QED) is 0.641. The fourth-order valence-electron chi connectivity index (χ4n) is 1.65. The minimum Gasteiger partial charge on any atom is -0.122 e. The van der Waals surface area contributed by atoms with Gasteiger partial charge in [-0.05, 0) is 29.9 Å². The van der Waals surface area contributed by atoms with Crippen LogP contribution in [0.3, 0.4) is 0 Å². The number of rotatable bonds is 4. The van der Waals surface area contributed by atoms with E-state index in [-0.39, 0.29) is 0 Å². The third-order valence-electron chi connectivity index (χ3n) is 2.68. The van der Waals surface area contributed by atoms with Crippen molar-refractivity contribution in [2.45, 2.75) is 31.6 Å². The van der Waals surface area contributed by atoms with Gasteiger partial charge >= 0.3 is 0 Å². The zero-order chi connectivity index (χ0) is 9.10. The molecule has 0 saturated heterocycles. The van der Waals surface area contributed by atoms with Gasteiger partial charge in [0.15, 0.2) is 0 Å². The van der Waals surface area contributed by atoms with Crippen molar-refractivity contribution in [1.82, 2.24) is 0 Å². The second-order valence-corrected chi connectivity index (χ2v) is 4.20. The molecule has 0 N–H and O–H groups in total. The number of aryl methyl sites for hydroxylation is 1. The maximum absolute atomic E-state index is 5.77. The summed E-state index contributed by atoms with van der Waals surface area (Å²) in [7, 11) is 0. The summed E-state index contributed by atoms with van der Waals surface area (Å²) in [5.74, 6) is 1.66. The van der Waals surface area contributed by atoms with E-state index < -0.39 is 0 Å². The monoisotopic (exact) mass is 194 g/mol. The van der Waals surface area contributed by atoms with Crippen LogP contribution in [0.2, 0.25) is 0 Å². The fraction of sp³-hybridized carbons (Fsp3) is 0.500. The molecule has 0 spiro atoms. The van der Waals surface area contributed by atoms with E-state index in [4.69, 9.17) is 11.6 Å². The molecule has 0 nitrogen and oxygen atoms in total. The van der Waals surface area contributed by atoms with E-state index in [1.54, 1.807) is 0 Å². The number of benzene rings is 1. The molecule has 1 heteroatoms. The molecule has 0 bridgehead atoms. The number of alkyl halides is 1. The second kappa shape index (κ2) is 4.15. The lowest BCUT2D eigenvalue weighted by Crippen LogP contribution is -1.88. The Morgan fingerprint density at radius 3 is 2.69 bits per heavy atom. The van der Waals surface area contributed by atoms with Crippen molar-refractivity contribution in [3.05, 3.63) is 35.4 Å². The van der Waals surface area contributed by atoms with Crippen LogP contribution in [0.1, 0.15) is 30.4 Å². The van der Waals surface area contributed by atoms with Crippen LogP contribution in [0.15, 0.2) is 24.3 Å². The van der Waals surface area contributed by atoms with Crippen molar-refractivity contribution in [3.63, 3.8) is 0 Å². The van der Waals surface area contributed by atoms with E-state index in [1.165, 1.54) is 36.8 Å². The van der Waals surface area contributed by atoms with Gasteiger partial charge in [0.05, 0.1) is 0 Å². The van der Waals surface area contributed by atoms with Gasteiger partial charge in [-0.1, -0.05) is 37.1 Å². The summed E-state index contributed by atoms with van der Waals surface area (Å²) in [5, 5.41) is 0. The molecule has 2 rings (SSSR count). The van der Waals surface area contributed by atoms with Gasteiger partial charge in [0.1, 0.15) is 0 Å². The highest BCUT2D eigenvalue weighted by atomic mass is 35.5. The van der Waals surface area contributed by atoms with Crippen molar-refractivity contribution in [3.8, 4) is 0 Å². The normalized spacial score (nSPS) is 16.1. The molecular formula is C12H15Cl. The van der Waals surface area contributed by atoms with Crippen molar-refractivity contribution >= 4 is 11.6 Å². The highest BCUT2D eigenvalue weighted by Gasteiger charge is 2.20. The molecule has 1 aromatic rings. The Morgan fingerprint density at radius 2 is 2.00 bits per heavy atom. The van der Waals surface area contributed by atoms with Crippen molar-refractivity contribution in [2.24, 2.45) is 5.92 Å². The summed E-state index contributed by atoms with van der Waals surface area (Å²) >= 11 is 5.77. The van der Waals surface area contributed by atoms with Crippen molar-refractivity contribution < 1.29 is 0 Å². The van der Waals surface area contributed by atoms with E-state index in [2.05, 4.69) is 24.3 Å². The summed E-state index contributed by atoms with van der Waals surface area (Å²) in [4.78, 5) is 0. The molecule has 1 fully saturated rings. The molecule has 0 atom stereocenters. The summed E-state index contributed by atoms with van der Waals surface area (Å²) in [6.45, 7) is 0.